The summed E-state index contributed by atoms with van der Waals surface area (Å²) in [7, 11) is 1.79. The molecule has 1 N–H and O–H groups in total. The zero-order valence-electron chi connectivity index (χ0n) is 21.6. The molecular weight excluding hydrogens is 444 g/mol. The maximum atomic E-state index is 12.3. The molecular formula is C28H38N2O3S. The Hall–Kier alpha value is -2.46. The number of hydrogen-bond acceptors (Lipinski definition) is 5. The van der Waals surface area contributed by atoms with Crippen LogP contribution in [0.25, 0.3) is 21.7 Å². The molecule has 0 aliphatic carbocycles. The minimum Gasteiger partial charge on any atom is -0.508 e. The first-order chi connectivity index (χ1) is 15.8. The highest BCUT2D eigenvalue weighted by Crippen LogP contribution is 2.48. The van der Waals surface area contributed by atoms with Gasteiger partial charge in [-0.15, -0.1) is 0 Å². The molecule has 6 heteroatoms. The van der Waals surface area contributed by atoms with Crippen molar-refractivity contribution in [2.24, 2.45) is 0 Å². The lowest BCUT2D eigenvalue weighted by atomic mass is 10.0. The van der Waals surface area contributed by atoms with E-state index in [9.17, 15) is 9.90 Å². The van der Waals surface area contributed by atoms with Crippen LogP contribution in [-0.2, 0) is 0 Å². The average molecular weight is 483 g/mol. The Morgan fingerprint density at radius 3 is 2.21 bits per heavy atom. The largest absolute Gasteiger partial charge is 0.508 e. The molecule has 0 radical (unpaired) electrons. The van der Waals surface area contributed by atoms with Crippen molar-refractivity contribution in [1.29, 1.82) is 0 Å². The van der Waals surface area contributed by atoms with E-state index in [1.54, 1.807) is 18.2 Å². The highest BCUT2D eigenvalue weighted by molar-refractivity contribution is 8.33. The van der Waals surface area contributed by atoms with Gasteiger partial charge in [-0.3, -0.25) is 4.90 Å². The zero-order valence-corrected chi connectivity index (χ0v) is 22.4. The van der Waals surface area contributed by atoms with Crippen LogP contribution in [0.2, 0.25) is 0 Å². The van der Waals surface area contributed by atoms with Crippen molar-refractivity contribution in [2.45, 2.75) is 25.5 Å². The summed E-state index contributed by atoms with van der Waals surface area (Å²) in [6.45, 7) is 11.9. The molecule has 2 heterocycles. The highest BCUT2D eigenvalue weighted by Gasteiger charge is 2.22. The fraction of sp³-hybridized carbons (Fsp3) is 0.464. The lowest BCUT2D eigenvalue weighted by molar-refractivity contribution is 0.168. The maximum Gasteiger partial charge on any atom is 0.344 e. The number of fused-ring (bicyclic) bond motifs is 3. The van der Waals surface area contributed by atoms with Crippen LogP contribution in [0, 0.1) is 11.8 Å². The van der Waals surface area contributed by atoms with Gasteiger partial charge < -0.3 is 14.4 Å². The molecule has 0 amide bonds. The standard InChI is InChI=1S/C21H20N2O3.C7H18S/c1-22-9-11-23(12-10-22)8-2-3-15-4-6-17-18-7-5-16(24)14-20(18)26-21(25)19(17)13-15;1-7(2,3)8(4,5)6/h4-7,13-14,24H,8-12H2,1H3;1-6H3. The monoisotopic (exact) mass is 482 g/mol. The Morgan fingerprint density at radius 1 is 0.971 bits per heavy atom. The van der Waals surface area contributed by atoms with E-state index >= 15 is 0 Å². The van der Waals surface area contributed by atoms with Crippen molar-refractivity contribution in [3.05, 3.63) is 52.4 Å². The van der Waals surface area contributed by atoms with Gasteiger partial charge in [0.05, 0.1) is 11.9 Å². The third kappa shape index (κ3) is 6.56. The zero-order chi connectivity index (χ0) is 25.1. The second-order valence-corrected chi connectivity index (χ2v) is 15.6. The van der Waals surface area contributed by atoms with Crippen molar-refractivity contribution in [2.75, 3.05) is 58.5 Å². The Morgan fingerprint density at radius 2 is 1.59 bits per heavy atom. The van der Waals surface area contributed by atoms with Crippen LogP contribution in [0.3, 0.4) is 0 Å². The van der Waals surface area contributed by atoms with Gasteiger partial charge in [0.25, 0.3) is 0 Å². The van der Waals surface area contributed by atoms with E-state index in [1.807, 2.05) is 12.1 Å². The summed E-state index contributed by atoms with van der Waals surface area (Å²) in [5.41, 5.74) is 0.772. The molecule has 1 fully saturated rings. The number of hydrogen-bond donors (Lipinski definition) is 1. The molecule has 0 unspecified atom stereocenters. The van der Waals surface area contributed by atoms with Gasteiger partial charge in [-0.25, -0.2) is 14.8 Å². The van der Waals surface area contributed by atoms with Crippen LogP contribution >= 0.6 is 10.0 Å². The molecule has 0 atom stereocenters. The molecule has 1 aliphatic rings. The summed E-state index contributed by atoms with van der Waals surface area (Å²) in [5, 5.41) is 11.7. The van der Waals surface area contributed by atoms with E-state index in [2.05, 4.69) is 68.2 Å². The van der Waals surface area contributed by atoms with Crippen LogP contribution in [0.4, 0.5) is 0 Å². The van der Waals surface area contributed by atoms with E-state index in [4.69, 9.17) is 4.42 Å². The number of piperazine rings is 1. The number of rotatable bonds is 1. The Kier molecular flexibility index (Phi) is 8.02. The summed E-state index contributed by atoms with van der Waals surface area (Å²) < 4.78 is 5.86. The third-order valence-corrected chi connectivity index (χ3v) is 10.3. The molecule has 4 rings (SSSR count). The topological polar surface area (TPSA) is 56.9 Å². The molecule has 5 nitrogen and oxygen atoms in total. The Bertz CT molecular complexity index is 1250. The van der Waals surface area contributed by atoms with Crippen molar-refractivity contribution < 1.29 is 9.52 Å². The van der Waals surface area contributed by atoms with E-state index in [1.165, 1.54) is 6.07 Å². The molecule has 0 bridgehead atoms. The molecule has 0 saturated carbocycles. The van der Waals surface area contributed by atoms with E-state index in [0.717, 1.165) is 49.1 Å². The van der Waals surface area contributed by atoms with E-state index < -0.39 is 5.63 Å². The number of aromatic hydroxyl groups is 1. The first-order valence-electron chi connectivity index (χ1n) is 11.6. The van der Waals surface area contributed by atoms with Gasteiger partial charge in [0.1, 0.15) is 11.3 Å². The van der Waals surface area contributed by atoms with Gasteiger partial charge in [0.2, 0.25) is 0 Å². The fourth-order valence-corrected chi connectivity index (χ4v) is 3.26. The minimum absolute atomic E-state index is 0.0754. The van der Waals surface area contributed by atoms with Crippen LogP contribution in [0.1, 0.15) is 26.3 Å². The quantitative estimate of drug-likeness (QED) is 0.309. The first-order valence-corrected chi connectivity index (χ1v) is 14.5. The second kappa shape index (κ2) is 10.4. The van der Waals surface area contributed by atoms with Crippen LogP contribution in [0.5, 0.6) is 5.75 Å². The maximum absolute atomic E-state index is 12.3. The number of benzene rings is 2. The minimum atomic E-state index is -0.416. The lowest BCUT2D eigenvalue weighted by Crippen LogP contribution is -2.44. The molecule has 0 spiro atoms. The molecule has 1 aromatic heterocycles. The summed E-state index contributed by atoms with van der Waals surface area (Å²) in [4.78, 5) is 17.0. The summed E-state index contributed by atoms with van der Waals surface area (Å²) in [6, 6.07) is 10.4. The summed E-state index contributed by atoms with van der Waals surface area (Å²) >= 11 is 0. The first kappa shape index (κ1) is 26.2. The normalized spacial score (nSPS) is 16.0. The smallest absolute Gasteiger partial charge is 0.344 e. The molecule has 34 heavy (non-hydrogen) atoms. The van der Waals surface area contributed by atoms with Gasteiger partial charge in [0, 0.05) is 48.6 Å². The van der Waals surface area contributed by atoms with Crippen molar-refractivity contribution in [1.82, 2.24) is 9.80 Å². The lowest BCUT2D eigenvalue weighted by Gasteiger charge is -2.40. The number of phenolic OH excluding ortho intramolecular Hbond substituents is 1. The number of nitrogens with zero attached hydrogens (tertiary/aromatic N) is 2. The molecule has 1 saturated heterocycles. The molecule has 1 aliphatic heterocycles. The average Bonchev–Trinajstić information content (AvgIpc) is 2.74. The molecule has 3 aromatic rings. The molecule has 2 aromatic carbocycles. The van der Waals surface area contributed by atoms with E-state index in [0.29, 0.717) is 15.7 Å². The van der Waals surface area contributed by atoms with Crippen molar-refractivity contribution in [3.63, 3.8) is 0 Å². The fourth-order valence-electron chi connectivity index (χ4n) is 3.26. The Balaban J connectivity index is 0.000000350. The van der Waals surface area contributed by atoms with Crippen molar-refractivity contribution >= 4 is 31.8 Å². The van der Waals surface area contributed by atoms with Crippen LogP contribution in [0.15, 0.2) is 45.6 Å². The predicted molar refractivity (Wildman–Crippen MR) is 148 cm³/mol. The van der Waals surface area contributed by atoms with Gasteiger partial charge in [0.15, 0.2) is 0 Å². The van der Waals surface area contributed by atoms with Gasteiger partial charge in [-0.05, 0) is 54.8 Å². The van der Waals surface area contributed by atoms with Gasteiger partial charge in [-0.1, -0.05) is 38.7 Å². The van der Waals surface area contributed by atoms with Crippen LogP contribution < -0.4 is 5.63 Å². The van der Waals surface area contributed by atoms with E-state index in [-0.39, 0.29) is 15.8 Å². The predicted octanol–water partition coefficient (Wildman–Crippen LogP) is 4.73. The third-order valence-electron chi connectivity index (χ3n) is 6.67. The molecule has 184 valence electrons. The van der Waals surface area contributed by atoms with Gasteiger partial charge >= 0.3 is 5.63 Å². The highest BCUT2D eigenvalue weighted by atomic mass is 32.3. The second-order valence-electron chi connectivity index (χ2n) is 10.7. The Labute approximate surface area is 205 Å². The van der Waals surface area contributed by atoms with Gasteiger partial charge in [-0.2, -0.15) is 0 Å². The van der Waals surface area contributed by atoms with Crippen molar-refractivity contribution in [3.8, 4) is 17.6 Å². The van der Waals surface area contributed by atoms with Crippen LogP contribution in [-0.4, -0.2) is 78.2 Å². The number of likely N-dealkylation sites (N-methyl/N-ethyl adjacent to an activating group) is 1. The SMILES string of the molecule is CC(C)(C)S(C)(C)C.CN1CCN(CC#Cc2ccc3c(c2)c(=O)oc2cc(O)ccc23)CC1. The summed E-state index contributed by atoms with van der Waals surface area (Å²) in [6.07, 6.45) is 7.06. The number of phenols is 1. The summed E-state index contributed by atoms with van der Waals surface area (Å²) in [5.74, 6) is 6.44.